The van der Waals surface area contributed by atoms with Crippen LogP contribution >= 0.6 is 0 Å². The van der Waals surface area contributed by atoms with E-state index in [-0.39, 0.29) is 12.0 Å². The molecule has 156 valence electrons. The molecule has 1 atom stereocenters. The van der Waals surface area contributed by atoms with Gasteiger partial charge in [-0.2, -0.15) is 0 Å². The SMILES string of the molecule is C/C=C(F)\C(=N/C(C)Nc1cc(C)cc(C)c1)n1cc(C)c(CN2CCCC2)c1. The molecule has 1 aromatic heterocycles. The molecule has 0 bridgehead atoms. The molecule has 3 rings (SSSR count). The van der Waals surface area contributed by atoms with Gasteiger partial charge in [-0.3, -0.25) is 4.90 Å². The van der Waals surface area contributed by atoms with Crippen LogP contribution < -0.4 is 5.32 Å². The standard InChI is InChI=1S/C24H33FN4/c1-6-23(25)24(27-20(5)26-22-12-17(2)11-18(3)13-22)29-14-19(4)21(16-29)15-28-9-7-8-10-28/h6,11-14,16,20,26H,7-10,15H2,1-5H3/b23-6+,27-24+. The Morgan fingerprint density at radius 1 is 1.14 bits per heavy atom. The first-order valence-corrected chi connectivity index (χ1v) is 10.5. The maximum Gasteiger partial charge on any atom is 0.170 e. The topological polar surface area (TPSA) is 32.6 Å². The first-order valence-electron chi connectivity index (χ1n) is 10.5. The van der Waals surface area contributed by atoms with E-state index in [1.807, 2.05) is 23.9 Å². The number of hydrogen-bond donors (Lipinski definition) is 1. The average Bonchev–Trinajstić information content (AvgIpc) is 3.28. The zero-order chi connectivity index (χ0) is 21.0. The van der Waals surface area contributed by atoms with Gasteiger partial charge in [0.15, 0.2) is 11.7 Å². The average molecular weight is 397 g/mol. The summed E-state index contributed by atoms with van der Waals surface area (Å²) in [5.41, 5.74) is 5.78. The minimum absolute atomic E-state index is 0.262. The molecule has 1 aliphatic heterocycles. The quantitative estimate of drug-likeness (QED) is 0.510. The number of halogens is 1. The fourth-order valence-corrected chi connectivity index (χ4v) is 3.96. The van der Waals surface area contributed by atoms with Crippen molar-refractivity contribution in [1.82, 2.24) is 9.47 Å². The van der Waals surface area contributed by atoms with Crippen molar-refractivity contribution in [3.63, 3.8) is 0 Å². The van der Waals surface area contributed by atoms with E-state index in [1.165, 1.54) is 41.2 Å². The maximum atomic E-state index is 14.7. The molecule has 2 aromatic rings. The van der Waals surface area contributed by atoms with Gasteiger partial charge in [-0.15, -0.1) is 0 Å². The zero-order valence-corrected chi connectivity index (χ0v) is 18.3. The number of allylic oxidation sites excluding steroid dienone is 2. The largest absolute Gasteiger partial charge is 0.364 e. The zero-order valence-electron chi connectivity index (χ0n) is 18.3. The number of aliphatic imine (C=N–C) groups is 1. The molecule has 1 unspecified atom stereocenters. The Morgan fingerprint density at radius 2 is 1.79 bits per heavy atom. The molecular weight excluding hydrogens is 363 g/mol. The molecule has 2 heterocycles. The summed E-state index contributed by atoms with van der Waals surface area (Å²) in [5, 5.41) is 3.38. The van der Waals surface area contributed by atoms with E-state index in [1.54, 1.807) is 6.92 Å². The molecular formula is C24H33FN4. The molecule has 1 N–H and O–H groups in total. The lowest BCUT2D eigenvalue weighted by atomic mass is 10.1. The summed E-state index contributed by atoms with van der Waals surface area (Å²) >= 11 is 0. The summed E-state index contributed by atoms with van der Waals surface area (Å²) in [6, 6.07) is 6.30. The van der Waals surface area contributed by atoms with Gasteiger partial charge < -0.3 is 9.88 Å². The Labute approximate surface area is 174 Å². The van der Waals surface area contributed by atoms with Gasteiger partial charge in [-0.25, -0.2) is 9.38 Å². The van der Waals surface area contributed by atoms with Crippen LogP contribution in [0.25, 0.3) is 0 Å². The van der Waals surface area contributed by atoms with E-state index >= 15 is 0 Å². The van der Waals surface area contributed by atoms with Gasteiger partial charge in [0.1, 0.15) is 6.17 Å². The minimum atomic E-state index is -0.318. The van der Waals surface area contributed by atoms with Crippen LogP contribution in [0.5, 0.6) is 0 Å². The molecule has 0 spiro atoms. The Bertz CT molecular complexity index is 883. The first kappa shape index (κ1) is 21.3. The van der Waals surface area contributed by atoms with Gasteiger partial charge in [0.2, 0.25) is 0 Å². The van der Waals surface area contributed by atoms with Gasteiger partial charge >= 0.3 is 0 Å². The fourth-order valence-electron chi connectivity index (χ4n) is 3.96. The number of rotatable bonds is 6. The second-order valence-electron chi connectivity index (χ2n) is 8.14. The lowest BCUT2D eigenvalue weighted by molar-refractivity contribution is 0.331. The number of aromatic nitrogens is 1. The highest BCUT2D eigenvalue weighted by Crippen LogP contribution is 2.19. The number of nitrogens with zero attached hydrogens (tertiary/aromatic N) is 3. The molecule has 0 saturated carbocycles. The number of benzene rings is 1. The number of likely N-dealkylation sites (tertiary alicyclic amines) is 1. The van der Waals surface area contributed by atoms with Crippen molar-refractivity contribution < 1.29 is 4.39 Å². The normalized spacial score (nSPS) is 17.0. The summed E-state index contributed by atoms with van der Waals surface area (Å²) in [4.78, 5) is 7.13. The maximum absolute atomic E-state index is 14.7. The van der Waals surface area contributed by atoms with E-state index in [0.29, 0.717) is 5.84 Å². The van der Waals surface area contributed by atoms with Crippen LogP contribution in [-0.2, 0) is 6.54 Å². The van der Waals surface area contributed by atoms with Crippen LogP contribution in [0.15, 0.2) is 47.5 Å². The molecule has 0 aliphatic carbocycles. The Balaban J connectivity index is 1.83. The summed E-state index contributed by atoms with van der Waals surface area (Å²) < 4.78 is 16.6. The predicted octanol–water partition coefficient (Wildman–Crippen LogP) is 5.59. The minimum Gasteiger partial charge on any atom is -0.364 e. The highest BCUT2D eigenvalue weighted by molar-refractivity contribution is 5.98. The van der Waals surface area contributed by atoms with Gasteiger partial charge in [-0.1, -0.05) is 6.07 Å². The number of anilines is 1. The van der Waals surface area contributed by atoms with Crippen molar-refractivity contribution in [2.24, 2.45) is 4.99 Å². The van der Waals surface area contributed by atoms with Crippen LogP contribution in [0, 0.1) is 20.8 Å². The Morgan fingerprint density at radius 3 is 2.41 bits per heavy atom. The van der Waals surface area contributed by atoms with E-state index in [4.69, 9.17) is 0 Å². The molecule has 0 amide bonds. The third-order valence-corrected chi connectivity index (χ3v) is 5.35. The van der Waals surface area contributed by atoms with Crippen LogP contribution in [0.3, 0.4) is 0 Å². The van der Waals surface area contributed by atoms with Crippen LogP contribution in [-0.4, -0.2) is 34.6 Å². The molecule has 4 nitrogen and oxygen atoms in total. The molecule has 1 aromatic carbocycles. The van der Waals surface area contributed by atoms with Crippen LogP contribution in [0.1, 0.15) is 48.9 Å². The highest BCUT2D eigenvalue weighted by atomic mass is 19.1. The molecule has 1 fully saturated rings. The van der Waals surface area contributed by atoms with Crippen molar-refractivity contribution in [2.75, 3.05) is 18.4 Å². The highest BCUT2D eigenvalue weighted by Gasteiger charge is 2.17. The second-order valence-corrected chi connectivity index (χ2v) is 8.14. The van der Waals surface area contributed by atoms with Crippen LogP contribution in [0.2, 0.25) is 0 Å². The van der Waals surface area contributed by atoms with Crippen molar-refractivity contribution in [3.05, 3.63) is 64.7 Å². The van der Waals surface area contributed by atoms with Gasteiger partial charge in [-0.05, 0) is 101 Å². The summed E-state index contributed by atoms with van der Waals surface area (Å²) in [5.74, 6) is 0.0226. The summed E-state index contributed by atoms with van der Waals surface area (Å²) in [6.07, 6.45) is 7.75. The van der Waals surface area contributed by atoms with Gasteiger partial charge in [0, 0.05) is 24.6 Å². The van der Waals surface area contributed by atoms with Crippen molar-refractivity contribution in [3.8, 4) is 0 Å². The number of aryl methyl sites for hydroxylation is 3. The lowest BCUT2D eigenvalue weighted by Gasteiger charge is -2.15. The first-order chi connectivity index (χ1) is 13.9. The molecule has 1 aliphatic rings. The van der Waals surface area contributed by atoms with Crippen molar-refractivity contribution in [2.45, 2.75) is 60.2 Å². The molecule has 0 radical (unpaired) electrons. The van der Waals surface area contributed by atoms with Gasteiger partial charge in [0.25, 0.3) is 0 Å². The third-order valence-electron chi connectivity index (χ3n) is 5.35. The second kappa shape index (κ2) is 9.40. The number of nitrogens with one attached hydrogen (secondary N) is 1. The van der Waals surface area contributed by atoms with E-state index in [9.17, 15) is 4.39 Å². The van der Waals surface area contributed by atoms with E-state index < -0.39 is 0 Å². The van der Waals surface area contributed by atoms with Crippen molar-refractivity contribution >= 4 is 11.5 Å². The van der Waals surface area contributed by atoms with E-state index in [0.717, 1.165) is 25.3 Å². The molecule has 1 saturated heterocycles. The monoisotopic (exact) mass is 396 g/mol. The van der Waals surface area contributed by atoms with Crippen molar-refractivity contribution in [1.29, 1.82) is 0 Å². The Hall–Kier alpha value is -2.40. The lowest BCUT2D eigenvalue weighted by Crippen LogP contribution is -2.20. The van der Waals surface area contributed by atoms with E-state index in [2.05, 4.69) is 54.2 Å². The third kappa shape index (κ3) is 5.57. The summed E-state index contributed by atoms with van der Waals surface area (Å²) in [7, 11) is 0. The number of hydrogen-bond acceptors (Lipinski definition) is 3. The fraction of sp³-hybridized carbons (Fsp3) is 0.458. The molecule has 29 heavy (non-hydrogen) atoms. The van der Waals surface area contributed by atoms with Crippen LogP contribution in [0.4, 0.5) is 10.1 Å². The summed E-state index contributed by atoms with van der Waals surface area (Å²) in [6.45, 7) is 13.1. The van der Waals surface area contributed by atoms with Gasteiger partial charge in [0.05, 0.1) is 0 Å². The molecule has 5 heteroatoms. The Kier molecular flexibility index (Phi) is 6.91. The predicted molar refractivity (Wildman–Crippen MR) is 120 cm³/mol. The smallest absolute Gasteiger partial charge is 0.170 e.